The fourth-order valence-corrected chi connectivity index (χ4v) is 3.67. The zero-order valence-corrected chi connectivity index (χ0v) is 15.1. The molecule has 0 aliphatic rings. The van der Waals surface area contributed by atoms with Crippen molar-refractivity contribution in [1.82, 2.24) is 24.7 Å². The van der Waals surface area contributed by atoms with Gasteiger partial charge in [-0.15, -0.1) is 16.6 Å². The molecular weight excluding hydrogens is 354 g/mol. The van der Waals surface area contributed by atoms with E-state index < -0.39 is 0 Å². The molecule has 8 heteroatoms. The molecule has 0 spiro atoms. The molecule has 0 aliphatic carbocycles. The van der Waals surface area contributed by atoms with Gasteiger partial charge in [0.05, 0.1) is 11.5 Å². The monoisotopic (exact) mass is 369 g/mol. The lowest BCUT2D eigenvalue weighted by molar-refractivity contribution is 0.862. The molecule has 6 nitrogen and oxygen atoms in total. The zero-order valence-electron chi connectivity index (χ0n) is 13.5. The summed E-state index contributed by atoms with van der Waals surface area (Å²) in [4.78, 5) is 18.6. The van der Waals surface area contributed by atoms with Crippen LogP contribution in [0.1, 0.15) is 11.5 Å². The van der Waals surface area contributed by atoms with Gasteiger partial charge in [-0.1, -0.05) is 47.6 Å². The van der Waals surface area contributed by atoms with Crippen LogP contribution in [0.15, 0.2) is 51.5 Å². The van der Waals surface area contributed by atoms with Gasteiger partial charge in [0.25, 0.3) is 5.56 Å². The van der Waals surface area contributed by atoms with Gasteiger partial charge >= 0.3 is 0 Å². The van der Waals surface area contributed by atoms with Crippen molar-refractivity contribution < 1.29 is 0 Å². The Hall–Kier alpha value is -2.50. The number of benzene rings is 1. The molecule has 25 heavy (non-hydrogen) atoms. The second-order valence-electron chi connectivity index (χ2n) is 5.04. The van der Waals surface area contributed by atoms with Gasteiger partial charge in [-0.25, -0.2) is 4.98 Å². The molecule has 0 amide bonds. The lowest BCUT2D eigenvalue weighted by Crippen LogP contribution is -2.08. The number of aryl methyl sites for hydroxylation is 1. The van der Waals surface area contributed by atoms with E-state index in [1.165, 1.54) is 29.6 Å². The van der Waals surface area contributed by atoms with Crippen LogP contribution < -0.4 is 5.56 Å². The number of para-hydroxylation sites is 1. The maximum Gasteiger partial charge on any atom is 0.251 e. The summed E-state index contributed by atoms with van der Waals surface area (Å²) in [6.45, 7) is 1.79. The van der Waals surface area contributed by atoms with E-state index in [2.05, 4.69) is 26.1 Å². The van der Waals surface area contributed by atoms with Gasteiger partial charge in [0.1, 0.15) is 5.82 Å². The van der Waals surface area contributed by atoms with Crippen molar-refractivity contribution >= 4 is 23.5 Å². The highest BCUT2D eigenvalue weighted by Crippen LogP contribution is 2.25. The van der Waals surface area contributed by atoms with Crippen LogP contribution in [0.4, 0.5) is 0 Å². The van der Waals surface area contributed by atoms with Crippen molar-refractivity contribution in [2.45, 2.75) is 23.0 Å². The van der Waals surface area contributed by atoms with E-state index in [0.717, 1.165) is 16.7 Å². The zero-order chi connectivity index (χ0) is 17.6. The molecule has 3 rings (SSSR count). The summed E-state index contributed by atoms with van der Waals surface area (Å²) in [6, 6.07) is 11.3. The van der Waals surface area contributed by atoms with Crippen molar-refractivity contribution in [3.8, 4) is 18.0 Å². The Labute approximate surface area is 153 Å². The number of aromatic amines is 1. The average molecular weight is 369 g/mol. The van der Waals surface area contributed by atoms with E-state index in [9.17, 15) is 4.79 Å². The van der Waals surface area contributed by atoms with Crippen LogP contribution in [-0.4, -0.2) is 30.5 Å². The first-order valence-electron chi connectivity index (χ1n) is 7.44. The van der Waals surface area contributed by atoms with E-state index in [-0.39, 0.29) is 5.56 Å². The second kappa shape index (κ2) is 8.05. The largest absolute Gasteiger partial charge is 0.301 e. The number of nitrogens with one attached hydrogen (secondary N) is 1. The molecule has 126 valence electrons. The van der Waals surface area contributed by atoms with Crippen molar-refractivity contribution in [2.75, 3.05) is 5.75 Å². The van der Waals surface area contributed by atoms with Crippen molar-refractivity contribution in [2.24, 2.45) is 0 Å². The Kier molecular flexibility index (Phi) is 5.58. The fourth-order valence-electron chi connectivity index (χ4n) is 2.18. The topological polar surface area (TPSA) is 76.5 Å². The molecule has 0 bridgehead atoms. The Morgan fingerprint density at radius 2 is 2.04 bits per heavy atom. The fraction of sp³-hybridized carbons (Fsp3) is 0.176. The summed E-state index contributed by atoms with van der Waals surface area (Å²) in [6.07, 6.45) is 5.36. The first-order chi connectivity index (χ1) is 12.2. The molecule has 0 saturated carbocycles. The summed E-state index contributed by atoms with van der Waals surface area (Å²) in [5.74, 6) is 4.40. The molecule has 0 atom stereocenters. The van der Waals surface area contributed by atoms with Gasteiger partial charge in [0.15, 0.2) is 10.3 Å². The Balaban J connectivity index is 1.89. The third-order valence-corrected chi connectivity index (χ3v) is 4.89. The van der Waals surface area contributed by atoms with E-state index in [1.807, 2.05) is 34.9 Å². The summed E-state index contributed by atoms with van der Waals surface area (Å²) in [5, 5.41) is 9.84. The Bertz CT molecular complexity index is 959. The molecular formula is C17H15N5OS2. The van der Waals surface area contributed by atoms with Crippen LogP contribution in [0.2, 0.25) is 0 Å². The third-order valence-electron chi connectivity index (χ3n) is 3.19. The number of terminal acetylenes is 1. The van der Waals surface area contributed by atoms with Crippen LogP contribution in [0.25, 0.3) is 5.69 Å². The summed E-state index contributed by atoms with van der Waals surface area (Å²) >= 11 is 2.87. The van der Waals surface area contributed by atoms with E-state index in [4.69, 9.17) is 6.42 Å². The summed E-state index contributed by atoms with van der Waals surface area (Å²) in [7, 11) is 0. The molecule has 3 aromatic rings. The molecule has 2 heterocycles. The van der Waals surface area contributed by atoms with Gasteiger partial charge in [-0.3, -0.25) is 9.36 Å². The number of H-pyrrole nitrogens is 1. The number of rotatable bonds is 6. The minimum atomic E-state index is -0.162. The lowest BCUT2D eigenvalue weighted by Gasteiger charge is -2.09. The quantitative estimate of drug-likeness (QED) is 0.409. The van der Waals surface area contributed by atoms with Gasteiger partial charge in [0, 0.05) is 17.4 Å². The van der Waals surface area contributed by atoms with Gasteiger partial charge in [0.2, 0.25) is 0 Å². The van der Waals surface area contributed by atoms with Gasteiger partial charge in [-0.2, -0.15) is 0 Å². The standard InChI is InChI=1S/C17H15N5OS2/c1-3-9-24-17-21-20-14(22(17)13-7-5-4-6-8-13)11-25-16-18-12(2)10-15(23)19-16/h1,4-8,10H,9,11H2,2H3,(H,18,19,23). The molecule has 1 aromatic carbocycles. The highest BCUT2D eigenvalue weighted by atomic mass is 32.2. The predicted molar refractivity (Wildman–Crippen MR) is 100 cm³/mol. The van der Waals surface area contributed by atoms with E-state index in [1.54, 1.807) is 6.92 Å². The van der Waals surface area contributed by atoms with Gasteiger partial charge < -0.3 is 4.98 Å². The summed E-state index contributed by atoms with van der Waals surface area (Å²) < 4.78 is 1.98. The van der Waals surface area contributed by atoms with Gasteiger partial charge in [-0.05, 0) is 19.1 Å². The highest BCUT2D eigenvalue weighted by Gasteiger charge is 2.15. The molecule has 0 radical (unpaired) electrons. The van der Waals surface area contributed by atoms with Crippen LogP contribution >= 0.6 is 23.5 Å². The average Bonchev–Trinajstić information content (AvgIpc) is 3.01. The van der Waals surface area contributed by atoms with Crippen molar-refractivity contribution in [3.05, 3.63) is 58.3 Å². The first kappa shape index (κ1) is 17.3. The molecule has 0 aliphatic heterocycles. The molecule has 2 aromatic heterocycles. The van der Waals surface area contributed by atoms with Crippen LogP contribution in [0.3, 0.4) is 0 Å². The molecule has 0 saturated heterocycles. The van der Waals surface area contributed by atoms with Crippen molar-refractivity contribution in [1.29, 1.82) is 0 Å². The first-order valence-corrected chi connectivity index (χ1v) is 9.41. The number of thioether (sulfide) groups is 2. The minimum absolute atomic E-state index is 0.162. The van der Waals surface area contributed by atoms with Crippen LogP contribution in [-0.2, 0) is 5.75 Å². The van der Waals surface area contributed by atoms with Crippen molar-refractivity contribution in [3.63, 3.8) is 0 Å². The SMILES string of the molecule is C#CCSc1nnc(CSc2nc(C)cc(=O)[nH]2)n1-c1ccccc1. The second-order valence-corrected chi connectivity index (χ2v) is 6.95. The number of nitrogens with zero attached hydrogens (tertiary/aromatic N) is 4. The Morgan fingerprint density at radius 3 is 2.76 bits per heavy atom. The van der Waals surface area contributed by atoms with Crippen LogP contribution in [0, 0.1) is 19.3 Å². The summed E-state index contributed by atoms with van der Waals surface area (Å²) in [5.41, 5.74) is 1.49. The molecule has 0 unspecified atom stereocenters. The maximum atomic E-state index is 11.6. The number of hydrogen-bond acceptors (Lipinski definition) is 6. The van der Waals surface area contributed by atoms with Crippen LogP contribution in [0.5, 0.6) is 0 Å². The third kappa shape index (κ3) is 4.32. The highest BCUT2D eigenvalue weighted by molar-refractivity contribution is 7.99. The number of aromatic nitrogens is 5. The molecule has 1 N–H and O–H groups in total. The normalized spacial score (nSPS) is 10.6. The minimum Gasteiger partial charge on any atom is -0.301 e. The smallest absolute Gasteiger partial charge is 0.251 e. The molecule has 0 fully saturated rings. The maximum absolute atomic E-state index is 11.6. The Morgan fingerprint density at radius 1 is 1.24 bits per heavy atom. The van der Waals surface area contributed by atoms with E-state index in [0.29, 0.717) is 22.4 Å². The predicted octanol–water partition coefficient (Wildman–Crippen LogP) is 2.68. The van der Waals surface area contributed by atoms with E-state index >= 15 is 0 Å². The number of hydrogen-bond donors (Lipinski definition) is 1. The lowest BCUT2D eigenvalue weighted by atomic mass is 10.3.